The normalized spacial score (nSPS) is 10.6. The molecule has 0 aliphatic heterocycles. The summed E-state index contributed by atoms with van der Waals surface area (Å²) in [5.41, 5.74) is 6.09. The zero-order valence-corrected chi connectivity index (χ0v) is 16.4. The van der Waals surface area contributed by atoms with E-state index in [0.717, 1.165) is 5.56 Å². The zero-order chi connectivity index (χ0) is 19.1. The Morgan fingerprint density at radius 2 is 1.57 bits per heavy atom. The maximum absolute atomic E-state index is 11.8. The summed E-state index contributed by atoms with van der Waals surface area (Å²) >= 11 is 3.53. The fourth-order valence-corrected chi connectivity index (χ4v) is 2.37. The number of hydrogen-bond donors (Lipinski definition) is 4. The summed E-state index contributed by atoms with van der Waals surface area (Å²) in [6.07, 6.45) is 1.69. The van der Waals surface area contributed by atoms with E-state index in [0.29, 0.717) is 0 Å². The second kappa shape index (κ2) is 15.8. The summed E-state index contributed by atoms with van der Waals surface area (Å²) < 4.78 is 25.6. The van der Waals surface area contributed by atoms with E-state index in [1.54, 1.807) is 18.4 Å². The molecule has 0 saturated carbocycles. The molecule has 0 aliphatic rings. The lowest BCUT2D eigenvalue weighted by atomic mass is 10.2. The summed E-state index contributed by atoms with van der Waals surface area (Å²) in [5, 5.41) is 8.72. The third-order valence-electron chi connectivity index (χ3n) is 2.16. The molecule has 0 spiro atoms. The number of benzene rings is 1. The Morgan fingerprint density at radius 3 is 1.87 bits per heavy atom. The Morgan fingerprint density at radius 1 is 1.17 bits per heavy atom. The monoisotopic (exact) mass is 366 g/mol. The molecule has 4 N–H and O–H groups in total. The minimum absolute atomic E-state index is 0.0165. The number of hydrogen-bond acceptors (Lipinski definition) is 5. The Kier molecular flexibility index (Phi) is 18.4. The van der Waals surface area contributed by atoms with Crippen molar-refractivity contribution in [2.75, 3.05) is 12.8 Å². The number of carboxylic acids is 1. The highest BCUT2D eigenvalue weighted by Gasteiger charge is 2.23. The van der Waals surface area contributed by atoms with Crippen LogP contribution in [0, 0.1) is 6.92 Å². The minimum atomic E-state index is -3.84. The average Bonchev–Trinajstić information content (AvgIpc) is 2.58. The lowest BCUT2D eigenvalue weighted by molar-refractivity contribution is -0.138. The molecule has 6 nitrogen and oxygen atoms in total. The lowest BCUT2D eigenvalue weighted by Crippen LogP contribution is -2.45. The molecule has 1 aromatic carbocycles. The van der Waals surface area contributed by atoms with Crippen LogP contribution in [0.4, 0.5) is 0 Å². The van der Waals surface area contributed by atoms with Gasteiger partial charge >= 0.3 is 5.97 Å². The van der Waals surface area contributed by atoms with Crippen LogP contribution in [0.3, 0.4) is 0 Å². The van der Waals surface area contributed by atoms with Gasteiger partial charge in [0.2, 0.25) is 10.0 Å². The van der Waals surface area contributed by atoms with Crippen molar-refractivity contribution in [3.63, 3.8) is 0 Å². The Hall–Kier alpha value is -1.09. The van der Waals surface area contributed by atoms with Crippen molar-refractivity contribution in [3.8, 4) is 0 Å². The van der Waals surface area contributed by atoms with Crippen LogP contribution in [0.2, 0.25) is 0 Å². The van der Waals surface area contributed by atoms with Crippen LogP contribution in [0.15, 0.2) is 29.2 Å². The predicted molar refractivity (Wildman–Crippen MR) is 99.6 cm³/mol. The molecule has 0 aromatic heterocycles. The molecule has 0 heterocycles. The largest absolute Gasteiger partial charge is 0.480 e. The van der Waals surface area contributed by atoms with Gasteiger partial charge in [0.15, 0.2) is 0 Å². The van der Waals surface area contributed by atoms with E-state index in [2.05, 4.69) is 12.6 Å². The van der Waals surface area contributed by atoms with E-state index in [1.165, 1.54) is 12.1 Å². The van der Waals surface area contributed by atoms with Crippen LogP contribution in [-0.4, -0.2) is 38.3 Å². The first kappa shape index (κ1) is 26.8. The molecule has 0 bridgehead atoms. The van der Waals surface area contributed by atoms with Crippen molar-refractivity contribution in [1.29, 1.82) is 0 Å². The van der Waals surface area contributed by atoms with Crippen LogP contribution in [-0.2, 0) is 14.8 Å². The molecule has 0 saturated heterocycles. The van der Waals surface area contributed by atoms with Crippen molar-refractivity contribution in [2.45, 2.75) is 45.6 Å². The summed E-state index contributed by atoms with van der Waals surface area (Å²) in [6.45, 7) is 9.52. The van der Waals surface area contributed by atoms with Crippen LogP contribution >= 0.6 is 12.6 Å². The summed E-state index contributed by atoms with van der Waals surface area (Å²) in [7, 11) is -3.84. The Balaban J connectivity index is -0.000000595. The van der Waals surface area contributed by atoms with Gasteiger partial charge in [-0.1, -0.05) is 45.4 Å². The summed E-state index contributed by atoms with van der Waals surface area (Å²) in [6, 6.07) is 4.76. The van der Waals surface area contributed by atoms with Crippen molar-refractivity contribution >= 4 is 28.6 Å². The molecular weight excluding hydrogens is 336 g/mol. The van der Waals surface area contributed by atoms with Crippen molar-refractivity contribution in [3.05, 3.63) is 29.8 Å². The van der Waals surface area contributed by atoms with Crippen molar-refractivity contribution in [2.24, 2.45) is 5.73 Å². The quantitative estimate of drug-likeness (QED) is 0.598. The predicted octanol–water partition coefficient (Wildman–Crippen LogP) is 2.28. The molecule has 1 rings (SSSR count). The first-order valence-electron chi connectivity index (χ1n) is 7.33. The highest BCUT2D eigenvalue weighted by atomic mass is 32.2. The van der Waals surface area contributed by atoms with Crippen LogP contribution < -0.4 is 10.5 Å². The number of nitrogens with two attached hydrogens (primary N) is 1. The van der Waals surface area contributed by atoms with Crippen molar-refractivity contribution < 1.29 is 18.3 Å². The molecular formula is C15H30N2O4S2. The number of sulfonamides is 1. The number of carboxylic acid groups (broad SMARTS) is 1. The molecule has 0 amide bonds. The highest BCUT2D eigenvalue weighted by Crippen LogP contribution is 2.10. The third kappa shape index (κ3) is 11.1. The van der Waals surface area contributed by atoms with Gasteiger partial charge in [-0.25, -0.2) is 8.42 Å². The fourth-order valence-electron chi connectivity index (χ4n) is 1.17. The van der Waals surface area contributed by atoms with E-state index in [9.17, 15) is 13.2 Å². The first-order valence-corrected chi connectivity index (χ1v) is 9.71. The van der Waals surface area contributed by atoms with Crippen LogP contribution in [0.1, 0.15) is 33.3 Å². The summed E-state index contributed by atoms with van der Waals surface area (Å²) in [5.74, 6) is -1.30. The number of carbonyl (C=O) groups is 1. The molecule has 8 heteroatoms. The number of rotatable bonds is 5. The molecule has 0 radical (unpaired) electrons. The number of nitrogens with one attached hydrogen (secondary N) is 1. The maximum Gasteiger partial charge on any atom is 0.323 e. The highest BCUT2D eigenvalue weighted by molar-refractivity contribution is 7.89. The second-order valence-corrected chi connectivity index (χ2v) is 5.27. The van der Waals surface area contributed by atoms with E-state index in [1.807, 2.05) is 39.3 Å². The smallest absolute Gasteiger partial charge is 0.323 e. The van der Waals surface area contributed by atoms with Gasteiger partial charge in [0.1, 0.15) is 6.04 Å². The molecule has 0 aliphatic carbocycles. The van der Waals surface area contributed by atoms with E-state index in [4.69, 9.17) is 10.8 Å². The van der Waals surface area contributed by atoms with Gasteiger partial charge in [-0.2, -0.15) is 17.4 Å². The minimum Gasteiger partial charge on any atom is -0.480 e. The van der Waals surface area contributed by atoms with Gasteiger partial charge in [0, 0.05) is 6.54 Å². The number of aryl methyl sites for hydroxylation is 1. The van der Waals surface area contributed by atoms with Gasteiger partial charge in [-0.05, 0) is 25.3 Å². The van der Waals surface area contributed by atoms with Gasteiger partial charge in [-0.15, -0.1) is 0 Å². The second-order valence-electron chi connectivity index (χ2n) is 3.56. The first-order chi connectivity index (χ1) is 10.9. The standard InChI is InChI=1S/C10H14N2O4S.2C2H6.CH4S/c1-7-2-4-8(5-3-7)17(15,16)12-9(6-11)10(13)14;3*1-2/h2-5,9,12H,6,11H2,1H3,(H,13,14);2*1-2H3;2H,1H3/t9-;;;/m0.../s1. The fraction of sp³-hybridized carbons (Fsp3) is 0.533. The van der Waals surface area contributed by atoms with Gasteiger partial charge in [0.25, 0.3) is 0 Å². The van der Waals surface area contributed by atoms with Gasteiger partial charge < -0.3 is 10.8 Å². The van der Waals surface area contributed by atoms with Gasteiger partial charge in [0.05, 0.1) is 4.90 Å². The van der Waals surface area contributed by atoms with E-state index in [-0.39, 0.29) is 11.4 Å². The SMILES string of the molecule is CC.CC.CS.Cc1ccc(S(=O)(=O)N[C@@H](CN)C(=O)O)cc1. The molecule has 1 aromatic rings. The van der Waals surface area contributed by atoms with Crippen LogP contribution in [0.25, 0.3) is 0 Å². The maximum atomic E-state index is 11.8. The molecule has 0 unspecified atom stereocenters. The molecule has 23 heavy (non-hydrogen) atoms. The topological polar surface area (TPSA) is 109 Å². The van der Waals surface area contributed by atoms with Crippen molar-refractivity contribution in [1.82, 2.24) is 4.72 Å². The molecule has 1 atom stereocenters. The lowest BCUT2D eigenvalue weighted by Gasteiger charge is -2.12. The van der Waals surface area contributed by atoms with Crippen LogP contribution in [0.5, 0.6) is 0 Å². The molecule has 0 fully saturated rings. The Bertz CT molecular complexity index is 503. The average molecular weight is 367 g/mol. The Labute approximate surface area is 145 Å². The summed E-state index contributed by atoms with van der Waals surface area (Å²) in [4.78, 5) is 10.7. The van der Waals surface area contributed by atoms with Gasteiger partial charge in [-0.3, -0.25) is 4.79 Å². The number of aliphatic carboxylic acids is 1. The number of thiol groups is 1. The van der Waals surface area contributed by atoms with E-state index >= 15 is 0 Å². The van der Waals surface area contributed by atoms with E-state index < -0.39 is 22.0 Å². The zero-order valence-electron chi connectivity index (χ0n) is 14.7. The molecule has 136 valence electrons. The third-order valence-corrected chi connectivity index (χ3v) is 3.65.